The monoisotopic (exact) mass is 246 g/mol. The second kappa shape index (κ2) is 5.78. The first-order valence-electron chi connectivity index (χ1n) is 6.28. The average Bonchev–Trinajstić information content (AvgIpc) is 2.63. The van der Waals surface area contributed by atoms with E-state index in [1.54, 1.807) is 0 Å². The number of hydrogen-bond donors (Lipinski definition) is 1. The Balaban J connectivity index is 2.04. The van der Waals surface area contributed by atoms with E-state index < -0.39 is 0 Å². The number of rotatable bonds is 3. The smallest absolute Gasteiger partial charge is 0.221 e. The maximum absolute atomic E-state index is 12.3. The molecule has 1 N–H and O–H groups in total. The zero-order valence-corrected chi connectivity index (χ0v) is 10.6. The number of Topliss-reactive ketones (excluding diaryl/α,β-unsaturated/α-hetero) is 1. The number of carbonyl (C=O) groups excluding carboxylic acids is 2. The summed E-state index contributed by atoms with van der Waals surface area (Å²) in [5.74, 6) is 0.182. The van der Waals surface area contributed by atoms with Crippen molar-refractivity contribution in [1.29, 1.82) is 0 Å². The van der Waals surface area contributed by atoms with Crippen molar-refractivity contribution in [1.82, 2.24) is 10.2 Å². The van der Waals surface area contributed by atoms with Crippen LogP contribution in [0, 0.1) is 0 Å². The van der Waals surface area contributed by atoms with Crippen molar-refractivity contribution in [3.63, 3.8) is 0 Å². The summed E-state index contributed by atoms with van der Waals surface area (Å²) in [6.45, 7) is 3.90. The molecule has 1 heterocycles. The second-order valence-corrected chi connectivity index (χ2v) is 4.54. The standard InChI is InChI=1S/C14H18N2O2/c1-11(14(18)12-5-3-2-4-6-12)16-9-7-13(17)15-8-10-16/h2-6,11H,7-10H2,1H3,(H,15,17). The minimum atomic E-state index is -0.180. The SMILES string of the molecule is CC(C(=O)c1ccccc1)N1CCNC(=O)CC1. The van der Waals surface area contributed by atoms with Crippen LogP contribution in [0.5, 0.6) is 0 Å². The Labute approximate surface area is 107 Å². The largest absolute Gasteiger partial charge is 0.355 e. The van der Waals surface area contributed by atoms with Gasteiger partial charge in [0.1, 0.15) is 0 Å². The van der Waals surface area contributed by atoms with Crippen LogP contribution in [0.4, 0.5) is 0 Å². The van der Waals surface area contributed by atoms with Gasteiger partial charge in [-0.3, -0.25) is 14.5 Å². The molecular weight excluding hydrogens is 228 g/mol. The van der Waals surface area contributed by atoms with Gasteiger partial charge < -0.3 is 5.32 Å². The molecule has 1 aromatic carbocycles. The zero-order valence-electron chi connectivity index (χ0n) is 10.6. The van der Waals surface area contributed by atoms with Gasteiger partial charge in [-0.1, -0.05) is 30.3 Å². The Morgan fingerprint density at radius 1 is 1.28 bits per heavy atom. The van der Waals surface area contributed by atoms with E-state index in [0.717, 1.165) is 12.1 Å². The van der Waals surface area contributed by atoms with Gasteiger partial charge in [-0.25, -0.2) is 0 Å². The van der Waals surface area contributed by atoms with Crippen molar-refractivity contribution >= 4 is 11.7 Å². The number of nitrogens with one attached hydrogen (secondary N) is 1. The minimum absolute atomic E-state index is 0.0665. The third-order valence-corrected chi connectivity index (χ3v) is 3.33. The number of hydrogen-bond acceptors (Lipinski definition) is 3. The van der Waals surface area contributed by atoms with E-state index in [4.69, 9.17) is 0 Å². The third-order valence-electron chi connectivity index (χ3n) is 3.33. The predicted molar refractivity (Wildman–Crippen MR) is 69.4 cm³/mol. The van der Waals surface area contributed by atoms with Gasteiger partial charge in [0.15, 0.2) is 5.78 Å². The lowest BCUT2D eigenvalue weighted by molar-refractivity contribution is -0.120. The van der Waals surface area contributed by atoms with Crippen molar-refractivity contribution in [2.75, 3.05) is 19.6 Å². The fourth-order valence-electron chi connectivity index (χ4n) is 2.18. The summed E-state index contributed by atoms with van der Waals surface area (Å²) in [4.78, 5) is 25.6. The minimum Gasteiger partial charge on any atom is -0.355 e. The predicted octanol–water partition coefficient (Wildman–Crippen LogP) is 1.08. The molecule has 1 unspecified atom stereocenters. The molecule has 0 bridgehead atoms. The van der Waals surface area contributed by atoms with E-state index in [0.29, 0.717) is 19.5 Å². The summed E-state index contributed by atoms with van der Waals surface area (Å²) in [6.07, 6.45) is 0.465. The Bertz CT molecular complexity index is 431. The van der Waals surface area contributed by atoms with Gasteiger partial charge >= 0.3 is 0 Å². The summed E-state index contributed by atoms with van der Waals surface area (Å²) in [6, 6.07) is 9.12. The molecule has 1 aliphatic rings. The fourth-order valence-corrected chi connectivity index (χ4v) is 2.18. The van der Waals surface area contributed by atoms with E-state index >= 15 is 0 Å². The molecule has 0 radical (unpaired) electrons. The highest BCUT2D eigenvalue weighted by atomic mass is 16.1. The lowest BCUT2D eigenvalue weighted by atomic mass is 10.0. The van der Waals surface area contributed by atoms with Crippen LogP contribution < -0.4 is 5.32 Å². The van der Waals surface area contributed by atoms with Crippen LogP contribution >= 0.6 is 0 Å². The molecule has 0 saturated carbocycles. The number of ketones is 1. The molecule has 0 aliphatic carbocycles. The van der Waals surface area contributed by atoms with Gasteiger partial charge in [-0.2, -0.15) is 0 Å². The summed E-state index contributed by atoms with van der Waals surface area (Å²) in [7, 11) is 0. The van der Waals surface area contributed by atoms with E-state index in [-0.39, 0.29) is 17.7 Å². The number of carbonyl (C=O) groups is 2. The van der Waals surface area contributed by atoms with Gasteiger partial charge in [0.25, 0.3) is 0 Å². The molecular formula is C14H18N2O2. The van der Waals surface area contributed by atoms with Crippen LogP contribution in [0.2, 0.25) is 0 Å². The first-order chi connectivity index (χ1) is 8.68. The molecule has 1 amide bonds. The van der Waals surface area contributed by atoms with Crippen LogP contribution in [0.3, 0.4) is 0 Å². The summed E-state index contributed by atoms with van der Waals surface area (Å²) < 4.78 is 0. The Hall–Kier alpha value is -1.68. The van der Waals surface area contributed by atoms with Gasteiger partial charge in [-0.05, 0) is 6.92 Å². The molecule has 2 rings (SSSR count). The topological polar surface area (TPSA) is 49.4 Å². The summed E-state index contributed by atoms with van der Waals surface area (Å²) >= 11 is 0. The maximum Gasteiger partial charge on any atom is 0.221 e. The van der Waals surface area contributed by atoms with Crippen molar-refractivity contribution in [3.05, 3.63) is 35.9 Å². The lowest BCUT2D eigenvalue weighted by Crippen LogP contribution is -2.41. The fraction of sp³-hybridized carbons (Fsp3) is 0.429. The first kappa shape index (κ1) is 12.8. The Morgan fingerprint density at radius 2 is 2.00 bits per heavy atom. The van der Waals surface area contributed by atoms with E-state index in [1.807, 2.05) is 37.3 Å². The van der Waals surface area contributed by atoms with Crippen LogP contribution in [0.25, 0.3) is 0 Å². The molecule has 4 heteroatoms. The van der Waals surface area contributed by atoms with Crippen LogP contribution in [0.15, 0.2) is 30.3 Å². The van der Waals surface area contributed by atoms with Gasteiger partial charge in [0.2, 0.25) is 5.91 Å². The number of benzene rings is 1. The maximum atomic E-state index is 12.3. The highest BCUT2D eigenvalue weighted by molar-refractivity contribution is 5.99. The van der Waals surface area contributed by atoms with Crippen molar-refractivity contribution in [3.8, 4) is 0 Å². The van der Waals surface area contributed by atoms with Gasteiger partial charge in [0, 0.05) is 31.6 Å². The van der Waals surface area contributed by atoms with Crippen molar-refractivity contribution in [2.24, 2.45) is 0 Å². The molecule has 1 saturated heterocycles. The van der Waals surface area contributed by atoms with E-state index in [2.05, 4.69) is 10.2 Å². The molecule has 1 aromatic rings. The van der Waals surface area contributed by atoms with Crippen molar-refractivity contribution < 1.29 is 9.59 Å². The van der Waals surface area contributed by atoms with Crippen LogP contribution in [-0.4, -0.2) is 42.3 Å². The summed E-state index contributed by atoms with van der Waals surface area (Å²) in [5.41, 5.74) is 0.730. The third kappa shape index (κ3) is 2.96. The van der Waals surface area contributed by atoms with E-state index in [9.17, 15) is 9.59 Å². The zero-order chi connectivity index (χ0) is 13.0. The molecule has 18 heavy (non-hydrogen) atoms. The molecule has 0 spiro atoms. The van der Waals surface area contributed by atoms with Crippen LogP contribution in [0.1, 0.15) is 23.7 Å². The number of nitrogens with zero attached hydrogens (tertiary/aromatic N) is 1. The van der Waals surface area contributed by atoms with Crippen LogP contribution in [-0.2, 0) is 4.79 Å². The van der Waals surface area contributed by atoms with Gasteiger partial charge in [0.05, 0.1) is 6.04 Å². The highest BCUT2D eigenvalue weighted by Gasteiger charge is 2.24. The second-order valence-electron chi connectivity index (χ2n) is 4.54. The summed E-state index contributed by atoms with van der Waals surface area (Å²) in [5, 5.41) is 2.82. The van der Waals surface area contributed by atoms with Crippen molar-refractivity contribution in [2.45, 2.75) is 19.4 Å². The lowest BCUT2D eigenvalue weighted by Gasteiger charge is -2.25. The van der Waals surface area contributed by atoms with E-state index in [1.165, 1.54) is 0 Å². The highest BCUT2D eigenvalue weighted by Crippen LogP contribution is 2.10. The number of amides is 1. The Morgan fingerprint density at radius 3 is 2.72 bits per heavy atom. The molecule has 1 fully saturated rings. The molecule has 4 nitrogen and oxygen atoms in total. The Kier molecular flexibility index (Phi) is 4.10. The average molecular weight is 246 g/mol. The normalized spacial score (nSPS) is 18.8. The first-order valence-corrected chi connectivity index (χ1v) is 6.28. The molecule has 96 valence electrons. The molecule has 0 aromatic heterocycles. The molecule has 1 aliphatic heterocycles. The van der Waals surface area contributed by atoms with Gasteiger partial charge in [-0.15, -0.1) is 0 Å². The quantitative estimate of drug-likeness (QED) is 0.812. The molecule has 1 atom stereocenters.